The van der Waals surface area contributed by atoms with E-state index in [0.717, 1.165) is 31.4 Å². The molecule has 1 aliphatic carbocycles. The molecule has 3 heterocycles. The number of carbonyl (C=O) groups excluding carboxylic acids is 1. The van der Waals surface area contributed by atoms with E-state index in [0.29, 0.717) is 19.7 Å². The van der Waals surface area contributed by atoms with Gasteiger partial charge in [-0.1, -0.05) is 0 Å². The van der Waals surface area contributed by atoms with Gasteiger partial charge in [0.15, 0.2) is 0 Å². The van der Waals surface area contributed by atoms with Gasteiger partial charge in [-0.3, -0.25) is 9.48 Å². The van der Waals surface area contributed by atoms with Crippen LogP contribution in [-0.2, 0) is 24.1 Å². The first-order valence-corrected chi connectivity index (χ1v) is 9.67. The first-order chi connectivity index (χ1) is 11.8. The van der Waals surface area contributed by atoms with E-state index in [1.165, 1.54) is 23.3 Å². The molecule has 4 rings (SSSR count). The number of hydrogen-bond donors (Lipinski definition) is 0. The highest BCUT2D eigenvalue weighted by atomic mass is 32.1. The van der Waals surface area contributed by atoms with Crippen molar-refractivity contribution in [3.8, 4) is 0 Å². The second-order valence-corrected chi connectivity index (χ2v) is 7.55. The van der Waals surface area contributed by atoms with Crippen LogP contribution in [0.4, 0.5) is 0 Å². The van der Waals surface area contributed by atoms with E-state index < -0.39 is 0 Å². The van der Waals surface area contributed by atoms with Crippen LogP contribution in [0.5, 0.6) is 0 Å². The van der Waals surface area contributed by atoms with Crippen molar-refractivity contribution in [3.63, 3.8) is 0 Å². The summed E-state index contributed by atoms with van der Waals surface area (Å²) < 4.78 is 7.81. The Morgan fingerprint density at radius 2 is 2.25 bits per heavy atom. The van der Waals surface area contributed by atoms with E-state index in [1.807, 2.05) is 21.8 Å². The van der Waals surface area contributed by atoms with Crippen LogP contribution in [0.1, 0.15) is 40.1 Å². The van der Waals surface area contributed by atoms with Crippen LogP contribution in [0.2, 0.25) is 0 Å². The number of amides is 1. The zero-order valence-electron chi connectivity index (χ0n) is 13.8. The van der Waals surface area contributed by atoms with Gasteiger partial charge in [-0.05, 0) is 43.7 Å². The molecule has 5 nitrogen and oxygen atoms in total. The summed E-state index contributed by atoms with van der Waals surface area (Å²) in [6.45, 7) is 2.82. The maximum Gasteiger partial charge on any atom is 0.255 e. The predicted molar refractivity (Wildman–Crippen MR) is 93.4 cm³/mol. The molecule has 0 unspecified atom stereocenters. The first kappa shape index (κ1) is 15.8. The number of ether oxygens (including phenoxy) is 1. The fourth-order valence-electron chi connectivity index (χ4n) is 3.65. The summed E-state index contributed by atoms with van der Waals surface area (Å²) in [4.78, 5) is 16.5. The van der Waals surface area contributed by atoms with Crippen LogP contribution < -0.4 is 0 Å². The number of carbonyl (C=O) groups is 1. The Balaban J connectivity index is 1.49. The van der Waals surface area contributed by atoms with E-state index >= 15 is 0 Å². The molecule has 0 N–H and O–H groups in total. The summed E-state index contributed by atoms with van der Waals surface area (Å²) >= 11 is 1.76. The number of rotatable bonds is 3. The summed E-state index contributed by atoms with van der Waals surface area (Å²) in [7, 11) is 0. The average molecular weight is 345 g/mol. The Bertz CT molecular complexity index is 695. The van der Waals surface area contributed by atoms with Gasteiger partial charge in [0.05, 0.1) is 18.2 Å². The van der Waals surface area contributed by atoms with Crippen molar-refractivity contribution in [2.24, 2.45) is 0 Å². The standard InChI is InChI=1S/C18H23N3O2S/c22-18(16-13-24-17-6-2-1-5-15(16)17)20-8-4-10-23-14(11-20)12-21-9-3-7-19-21/h3,7,9,13-14H,1-2,4-6,8,10-12H2/t14-/m0/s1. The van der Waals surface area contributed by atoms with Crippen molar-refractivity contribution in [2.45, 2.75) is 44.8 Å². The second kappa shape index (κ2) is 7.07. The number of fused-ring (bicyclic) bond motifs is 1. The molecule has 0 spiro atoms. The molecule has 1 amide bonds. The van der Waals surface area contributed by atoms with E-state index in [4.69, 9.17) is 4.74 Å². The third kappa shape index (κ3) is 3.26. The van der Waals surface area contributed by atoms with Crippen molar-refractivity contribution >= 4 is 17.2 Å². The van der Waals surface area contributed by atoms with Crippen LogP contribution in [-0.4, -0.2) is 46.4 Å². The Hall–Kier alpha value is -1.66. The second-order valence-electron chi connectivity index (χ2n) is 6.58. The van der Waals surface area contributed by atoms with Crippen LogP contribution in [0, 0.1) is 0 Å². The smallest absolute Gasteiger partial charge is 0.255 e. The average Bonchev–Trinajstić information content (AvgIpc) is 3.20. The van der Waals surface area contributed by atoms with Gasteiger partial charge in [-0.25, -0.2) is 0 Å². The van der Waals surface area contributed by atoms with Gasteiger partial charge >= 0.3 is 0 Å². The molecule has 6 heteroatoms. The quantitative estimate of drug-likeness (QED) is 0.859. The maximum absolute atomic E-state index is 13.1. The minimum Gasteiger partial charge on any atom is -0.374 e. The largest absolute Gasteiger partial charge is 0.374 e. The van der Waals surface area contributed by atoms with Gasteiger partial charge in [-0.2, -0.15) is 5.10 Å². The van der Waals surface area contributed by atoms with E-state index in [-0.39, 0.29) is 12.0 Å². The number of aromatic nitrogens is 2. The third-order valence-electron chi connectivity index (χ3n) is 4.88. The number of nitrogens with zero attached hydrogens (tertiary/aromatic N) is 3. The van der Waals surface area contributed by atoms with Crippen molar-refractivity contribution in [1.82, 2.24) is 14.7 Å². The van der Waals surface area contributed by atoms with Crippen LogP contribution in [0.25, 0.3) is 0 Å². The molecule has 1 saturated heterocycles. The van der Waals surface area contributed by atoms with E-state index in [1.54, 1.807) is 17.5 Å². The summed E-state index contributed by atoms with van der Waals surface area (Å²) in [6.07, 6.45) is 9.27. The minimum atomic E-state index is 0.00538. The van der Waals surface area contributed by atoms with Crippen LogP contribution >= 0.6 is 11.3 Å². The minimum absolute atomic E-state index is 0.00538. The Labute approximate surface area is 146 Å². The molecule has 128 valence electrons. The highest BCUT2D eigenvalue weighted by molar-refractivity contribution is 7.10. The van der Waals surface area contributed by atoms with Gasteiger partial charge in [0.2, 0.25) is 0 Å². The molecule has 1 fully saturated rings. The highest BCUT2D eigenvalue weighted by Crippen LogP contribution is 2.31. The molecule has 0 aromatic carbocycles. The third-order valence-corrected chi connectivity index (χ3v) is 5.97. The molecule has 2 aromatic rings. The highest BCUT2D eigenvalue weighted by Gasteiger charge is 2.27. The van der Waals surface area contributed by atoms with E-state index in [2.05, 4.69) is 10.5 Å². The summed E-state index contributed by atoms with van der Waals surface area (Å²) in [6, 6.07) is 1.91. The molecule has 1 aliphatic heterocycles. The zero-order valence-corrected chi connectivity index (χ0v) is 14.6. The predicted octanol–water partition coefficient (Wildman–Crippen LogP) is 2.75. The van der Waals surface area contributed by atoms with Gasteiger partial charge in [0.1, 0.15) is 0 Å². The summed E-state index contributed by atoms with van der Waals surface area (Å²) in [5.74, 6) is 0.186. The van der Waals surface area contributed by atoms with Crippen molar-refractivity contribution in [2.75, 3.05) is 19.7 Å². The molecule has 0 saturated carbocycles. The molecule has 1 atom stereocenters. The molecular formula is C18H23N3O2S. The molecule has 0 radical (unpaired) electrons. The fraction of sp³-hybridized carbons (Fsp3) is 0.556. The summed E-state index contributed by atoms with van der Waals surface area (Å²) in [5.41, 5.74) is 2.25. The molecule has 2 aliphatic rings. The number of thiophene rings is 1. The normalized spacial score (nSPS) is 21.3. The Morgan fingerprint density at radius 1 is 1.33 bits per heavy atom. The fourth-order valence-corrected chi connectivity index (χ4v) is 4.77. The van der Waals surface area contributed by atoms with Gasteiger partial charge in [0, 0.05) is 42.3 Å². The van der Waals surface area contributed by atoms with Crippen molar-refractivity contribution in [3.05, 3.63) is 39.8 Å². The van der Waals surface area contributed by atoms with Gasteiger partial charge < -0.3 is 9.64 Å². The number of hydrogen-bond acceptors (Lipinski definition) is 4. The van der Waals surface area contributed by atoms with Crippen LogP contribution in [0.3, 0.4) is 0 Å². The van der Waals surface area contributed by atoms with Gasteiger partial charge in [0.25, 0.3) is 5.91 Å². The SMILES string of the molecule is O=C(c1csc2c1CCCC2)N1CCCO[C@H](Cn2cccn2)C1. The molecule has 2 aromatic heterocycles. The van der Waals surface area contributed by atoms with Crippen LogP contribution in [0.15, 0.2) is 23.8 Å². The lowest BCUT2D eigenvalue weighted by molar-refractivity contribution is 0.0367. The molecule has 24 heavy (non-hydrogen) atoms. The summed E-state index contributed by atoms with van der Waals surface area (Å²) in [5, 5.41) is 6.33. The maximum atomic E-state index is 13.1. The van der Waals surface area contributed by atoms with E-state index in [9.17, 15) is 4.79 Å². The lowest BCUT2D eigenvalue weighted by Gasteiger charge is -2.24. The lowest BCUT2D eigenvalue weighted by atomic mass is 9.95. The molecule has 0 bridgehead atoms. The number of aryl methyl sites for hydroxylation is 1. The lowest BCUT2D eigenvalue weighted by Crippen LogP contribution is -2.38. The first-order valence-electron chi connectivity index (χ1n) is 8.79. The monoisotopic (exact) mass is 345 g/mol. The molecular weight excluding hydrogens is 322 g/mol. The topological polar surface area (TPSA) is 47.4 Å². The van der Waals surface area contributed by atoms with Gasteiger partial charge in [-0.15, -0.1) is 11.3 Å². The zero-order chi connectivity index (χ0) is 16.4. The Kier molecular flexibility index (Phi) is 4.67. The van der Waals surface area contributed by atoms with Crippen molar-refractivity contribution in [1.29, 1.82) is 0 Å². The van der Waals surface area contributed by atoms with Crippen molar-refractivity contribution < 1.29 is 9.53 Å². The Morgan fingerprint density at radius 3 is 3.12 bits per heavy atom.